The van der Waals surface area contributed by atoms with Gasteiger partial charge >= 0.3 is 0 Å². The zero-order valence-electron chi connectivity index (χ0n) is 8.11. The van der Waals surface area contributed by atoms with Crippen LogP contribution in [0.3, 0.4) is 0 Å². The standard InChI is InChI=1S/C10H8N2O4/c13-7-3-1-4-6(10(16)12-8(4)14)2-5(3)9(15)11-7/h1,5,10,16H,2H2,(H,12,14)(H,11,13,15)/t5-,10+/m1/s1. The van der Waals surface area contributed by atoms with Crippen LogP contribution in [0.25, 0.3) is 0 Å². The highest BCUT2D eigenvalue weighted by atomic mass is 16.3. The Labute approximate surface area is 90.0 Å². The van der Waals surface area contributed by atoms with Gasteiger partial charge in [-0.25, -0.2) is 0 Å². The Morgan fingerprint density at radius 3 is 2.75 bits per heavy atom. The van der Waals surface area contributed by atoms with E-state index in [1.165, 1.54) is 6.08 Å². The molecule has 0 aromatic heterocycles. The van der Waals surface area contributed by atoms with E-state index in [1.807, 2.05) is 0 Å². The molecule has 1 fully saturated rings. The van der Waals surface area contributed by atoms with Crippen molar-refractivity contribution in [2.24, 2.45) is 5.92 Å². The van der Waals surface area contributed by atoms with Crippen LogP contribution in [0, 0.1) is 5.92 Å². The molecule has 82 valence electrons. The van der Waals surface area contributed by atoms with Crippen molar-refractivity contribution >= 4 is 17.7 Å². The third kappa shape index (κ3) is 1.02. The van der Waals surface area contributed by atoms with E-state index in [-0.39, 0.29) is 12.3 Å². The highest BCUT2D eigenvalue weighted by Gasteiger charge is 2.43. The Morgan fingerprint density at radius 1 is 1.25 bits per heavy atom. The maximum atomic E-state index is 11.4. The summed E-state index contributed by atoms with van der Waals surface area (Å²) in [6.45, 7) is 0. The topological polar surface area (TPSA) is 95.5 Å². The maximum Gasteiger partial charge on any atom is 0.254 e. The first-order valence-corrected chi connectivity index (χ1v) is 4.86. The Kier molecular flexibility index (Phi) is 1.62. The van der Waals surface area contributed by atoms with E-state index in [0.29, 0.717) is 16.7 Å². The van der Waals surface area contributed by atoms with E-state index in [0.717, 1.165) is 0 Å². The van der Waals surface area contributed by atoms with E-state index in [4.69, 9.17) is 0 Å². The largest absolute Gasteiger partial charge is 0.370 e. The fraction of sp³-hybridized carbons (Fsp3) is 0.300. The summed E-state index contributed by atoms with van der Waals surface area (Å²) in [5, 5.41) is 14.1. The van der Waals surface area contributed by atoms with Crippen molar-refractivity contribution in [2.45, 2.75) is 12.6 Å². The third-order valence-electron chi connectivity index (χ3n) is 3.10. The minimum absolute atomic E-state index is 0.221. The molecule has 3 N–H and O–H groups in total. The molecule has 0 radical (unpaired) electrons. The molecule has 3 rings (SSSR count). The summed E-state index contributed by atoms with van der Waals surface area (Å²) in [5.41, 5.74) is 1.11. The highest BCUT2D eigenvalue weighted by molar-refractivity contribution is 6.17. The molecule has 16 heavy (non-hydrogen) atoms. The summed E-state index contributed by atoms with van der Waals surface area (Å²) in [6.07, 6.45) is 0.581. The molecule has 0 bridgehead atoms. The predicted molar refractivity (Wildman–Crippen MR) is 50.5 cm³/mol. The number of aliphatic hydroxyl groups is 1. The van der Waals surface area contributed by atoms with Gasteiger partial charge in [-0.15, -0.1) is 0 Å². The van der Waals surface area contributed by atoms with Gasteiger partial charge < -0.3 is 10.4 Å². The molecule has 0 aromatic rings. The Balaban J connectivity index is 2.10. The van der Waals surface area contributed by atoms with Crippen molar-refractivity contribution in [1.29, 1.82) is 0 Å². The lowest BCUT2D eigenvalue weighted by atomic mass is 9.85. The van der Waals surface area contributed by atoms with Gasteiger partial charge in [0, 0.05) is 11.1 Å². The van der Waals surface area contributed by atoms with Crippen molar-refractivity contribution in [1.82, 2.24) is 10.6 Å². The minimum atomic E-state index is -1.04. The third-order valence-corrected chi connectivity index (χ3v) is 3.10. The van der Waals surface area contributed by atoms with Crippen LogP contribution in [0.1, 0.15) is 6.42 Å². The van der Waals surface area contributed by atoms with E-state index < -0.39 is 24.0 Å². The van der Waals surface area contributed by atoms with Crippen LogP contribution in [-0.2, 0) is 14.4 Å². The first-order valence-electron chi connectivity index (χ1n) is 4.86. The van der Waals surface area contributed by atoms with Gasteiger partial charge in [-0.1, -0.05) is 0 Å². The number of hydrogen-bond donors (Lipinski definition) is 3. The van der Waals surface area contributed by atoms with Crippen molar-refractivity contribution < 1.29 is 19.5 Å². The molecule has 3 amide bonds. The molecule has 2 heterocycles. The molecule has 2 aliphatic heterocycles. The molecule has 0 saturated carbocycles. The predicted octanol–water partition coefficient (Wildman–Crippen LogP) is -1.67. The van der Waals surface area contributed by atoms with Crippen molar-refractivity contribution in [2.75, 3.05) is 0 Å². The molecule has 6 heteroatoms. The smallest absolute Gasteiger partial charge is 0.254 e. The molecular formula is C10H8N2O4. The highest BCUT2D eigenvalue weighted by Crippen LogP contribution is 2.36. The average Bonchev–Trinajstić information content (AvgIpc) is 2.67. The average molecular weight is 220 g/mol. The van der Waals surface area contributed by atoms with Crippen LogP contribution in [0.4, 0.5) is 0 Å². The first-order chi connectivity index (χ1) is 7.58. The number of nitrogens with one attached hydrogen (secondary N) is 2. The van der Waals surface area contributed by atoms with Gasteiger partial charge in [-0.2, -0.15) is 0 Å². The molecule has 1 saturated heterocycles. The number of imide groups is 1. The molecule has 0 unspecified atom stereocenters. The lowest BCUT2D eigenvalue weighted by Gasteiger charge is -2.16. The zero-order chi connectivity index (χ0) is 11.4. The van der Waals surface area contributed by atoms with E-state index >= 15 is 0 Å². The SMILES string of the molecule is O=C1NC(=O)[C@@H]2CC3=C(C=C12)C(=O)N[C@H]3O. The first kappa shape index (κ1) is 9.29. The van der Waals surface area contributed by atoms with Crippen LogP contribution in [-0.4, -0.2) is 29.1 Å². The van der Waals surface area contributed by atoms with Gasteiger partial charge in [0.2, 0.25) is 5.91 Å². The van der Waals surface area contributed by atoms with Gasteiger partial charge in [0.15, 0.2) is 0 Å². The fourth-order valence-electron chi connectivity index (χ4n) is 2.28. The van der Waals surface area contributed by atoms with Crippen LogP contribution in [0.2, 0.25) is 0 Å². The summed E-state index contributed by atoms with van der Waals surface area (Å²) in [4.78, 5) is 34.2. The minimum Gasteiger partial charge on any atom is -0.370 e. The lowest BCUT2D eigenvalue weighted by Crippen LogP contribution is -2.29. The quantitative estimate of drug-likeness (QED) is 0.425. The normalized spacial score (nSPS) is 32.1. The Morgan fingerprint density at radius 2 is 2.00 bits per heavy atom. The van der Waals surface area contributed by atoms with Crippen LogP contribution < -0.4 is 10.6 Å². The summed E-state index contributed by atoms with van der Waals surface area (Å²) in [5.74, 6) is -1.78. The second kappa shape index (κ2) is 2.79. The Hall–Kier alpha value is -1.95. The molecule has 0 spiro atoms. The number of carbonyl (C=O) groups excluding carboxylic acids is 3. The summed E-state index contributed by atoms with van der Waals surface area (Å²) >= 11 is 0. The monoisotopic (exact) mass is 220 g/mol. The van der Waals surface area contributed by atoms with Gasteiger partial charge in [0.25, 0.3) is 11.8 Å². The second-order valence-electron chi connectivity index (χ2n) is 3.99. The number of carbonyl (C=O) groups is 3. The van der Waals surface area contributed by atoms with Gasteiger partial charge in [-0.3, -0.25) is 19.7 Å². The maximum absolute atomic E-state index is 11.4. The zero-order valence-corrected chi connectivity index (χ0v) is 8.11. The Bertz CT molecular complexity index is 503. The number of hydrogen-bond acceptors (Lipinski definition) is 4. The van der Waals surface area contributed by atoms with Gasteiger partial charge in [0.05, 0.1) is 5.92 Å². The van der Waals surface area contributed by atoms with Crippen LogP contribution >= 0.6 is 0 Å². The number of aliphatic hydroxyl groups excluding tert-OH is 1. The molecule has 1 aliphatic carbocycles. The second-order valence-corrected chi connectivity index (χ2v) is 3.99. The lowest BCUT2D eigenvalue weighted by molar-refractivity contribution is -0.125. The van der Waals surface area contributed by atoms with Gasteiger partial charge in [-0.05, 0) is 18.1 Å². The summed E-state index contributed by atoms with van der Waals surface area (Å²) in [7, 11) is 0. The summed E-state index contributed by atoms with van der Waals surface area (Å²) < 4.78 is 0. The molecule has 3 aliphatic rings. The van der Waals surface area contributed by atoms with Crippen molar-refractivity contribution in [3.63, 3.8) is 0 Å². The van der Waals surface area contributed by atoms with Crippen LogP contribution in [0.5, 0.6) is 0 Å². The van der Waals surface area contributed by atoms with Crippen molar-refractivity contribution in [3.05, 3.63) is 22.8 Å². The number of fused-ring (bicyclic) bond motifs is 1. The molecule has 6 nitrogen and oxygen atoms in total. The number of rotatable bonds is 0. The van der Waals surface area contributed by atoms with Gasteiger partial charge in [0.1, 0.15) is 6.23 Å². The number of amides is 3. The van der Waals surface area contributed by atoms with E-state index in [1.54, 1.807) is 0 Å². The van der Waals surface area contributed by atoms with E-state index in [2.05, 4.69) is 10.6 Å². The molecular weight excluding hydrogens is 212 g/mol. The summed E-state index contributed by atoms with van der Waals surface area (Å²) in [6, 6.07) is 0. The fourth-order valence-corrected chi connectivity index (χ4v) is 2.28. The molecule has 0 aromatic carbocycles. The van der Waals surface area contributed by atoms with Crippen molar-refractivity contribution in [3.8, 4) is 0 Å². The molecule has 2 atom stereocenters. The van der Waals surface area contributed by atoms with Crippen LogP contribution in [0.15, 0.2) is 22.8 Å². The van der Waals surface area contributed by atoms with E-state index in [9.17, 15) is 19.5 Å².